The Morgan fingerprint density at radius 2 is 1.97 bits per heavy atom. The van der Waals surface area contributed by atoms with Crippen molar-refractivity contribution in [2.75, 3.05) is 0 Å². The molecule has 5 aromatic heterocycles. The highest BCUT2D eigenvalue weighted by molar-refractivity contribution is 5.95. The second kappa shape index (κ2) is 7.12. The predicted molar refractivity (Wildman–Crippen MR) is 123 cm³/mol. The van der Waals surface area contributed by atoms with Crippen molar-refractivity contribution in [3.63, 3.8) is 0 Å². The summed E-state index contributed by atoms with van der Waals surface area (Å²) in [5.41, 5.74) is 8.36. The van der Waals surface area contributed by atoms with Crippen molar-refractivity contribution in [1.29, 1.82) is 0 Å². The van der Waals surface area contributed by atoms with Gasteiger partial charge in [0.05, 0.1) is 40.6 Å². The number of pyridine rings is 2. The molecule has 0 saturated heterocycles. The zero-order valence-electron chi connectivity index (χ0n) is 17.7. The summed E-state index contributed by atoms with van der Waals surface area (Å²) in [5, 5.41) is 8.58. The van der Waals surface area contributed by atoms with Crippen LogP contribution in [0.25, 0.3) is 50.4 Å². The SMILES string of the molecule is CCc1cncc(-c2cc3c(-c4nc5c(-n6cnc(C)c6)cccc5[nH]4)n[nH]c3cn2)c1. The minimum atomic E-state index is 0.702. The van der Waals surface area contributed by atoms with Gasteiger partial charge in [0.2, 0.25) is 0 Å². The zero-order valence-corrected chi connectivity index (χ0v) is 17.7. The number of aryl methyl sites for hydroxylation is 2. The van der Waals surface area contributed by atoms with E-state index in [0.717, 1.165) is 56.7 Å². The Bertz CT molecular complexity index is 1590. The molecule has 0 atom stereocenters. The van der Waals surface area contributed by atoms with E-state index in [4.69, 9.17) is 4.98 Å². The molecule has 6 rings (SSSR count). The van der Waals surface area contributed by atoms with Crippen molar-refractivity contribution in [1.82, 2.24) is 39.7 Å². The number of imidazole rings is 2. The summed E-state index contributed by atoms with van der Waals surface area (Å²) in [6, 6.07) is 10.2. The number of H-pyrrole nitrogens is 2. The number of fused-ring (bicyclic) bond motifs is 2. The first-order valence-electron chi connectivity index (χ1n) is 10.5. The number of nitrogens with one attached hydrogen (secondary N) is 2. The molecule has 1 aromatic carbocycles. The summed E-state index contributed by atoms with van der Waals surface area (Å²) < 4.78 is 1.99. The Morgan fingerprint density at radius 3 is 2.81 bits per heavy atom. The van der Waals surface area contributed by atoms with Crippen molar-refractivity contribution < 1.29 is 0 Å². The lowest BCUT2D eigenvalue weighted by atomic mass is 10.1. The maximum absolute atomic E-state index is 4.90. The van der Waals surface area contributed by atoms with Gasteiger partial charge in [-0.25, -0.2) is 9.97 Å². The van der Waals surface area contributed by atoms with E-state index < -0.39 is 0 Å². The van der Waals surface area contributed by atoms with E-state index in [9.17, 15) is 0 Å². The predicted octanol–water partition coefficient (Wildman–Crippen LogP) is 4.62. The fraction of sp³-hybridized carbons (Fsp3) is 0.125. The highest BCUT2D eigenvalue weighted by Crippen LogP contribution is 2.30. The van der Waals surface area contributed by atoms with E-state index in [-0.39, 0.29) is 0 Å². The standard InChI is InChI=1S/C24H20N8/c1-3-15-7-16(10-25-9-15)19-8-17-20(11-26-19)30-31-22(17)24-28-18-5-4-6-21(23(18)29-24)32-12-14(2)27-13-32/h4-13H,3H2,1-2H3,(H,28,29)(H,30,31). The monoisotopic (exact) mass is 420 g/mol. The number of hydrogen-bond donors (Lipinski definition) is 2. The van der Waals surface area contributed by atoms with Crippen molar-refractivity contribution in [3.05, 3.63) is 72.7 Å². The van der Waals surface area contributed by atoms with Gasteiger partial charge >= 0.3 is 0 Å². The molecule has 5 heterocycles. The lowest BCUT2D eigenvalue weighted by Crippen LogP contribution is -1.91. The van der Waals surface area contributed by atoms with Crippen LogP contribution in [-0.2, 0) is 6.42 Å². The molecule has 6 aromatic rings. The first kappa shape index (κ1) is 18.4. The summed E-state index contributed by atoms with van der Waals surface area (Å²) in [6.07, 6.45) is 10.3. The molecule has 0 amide bonds. The largest absolute Gasteiger partial charge is 0.336 e. The zero-order chi connectivity index (χ0) is 21.7. The van der Waals surface area contributed by atoms with Crippen molar-refractivity contribution in [2.45, 2.75) is 20.3 Å². The van der Waals surface area contributed by atoms with Gasteiger partial charge in [0.15, 0.2) is 5.82 Å². The number of hydrogen-bond acceptors (Lipinski definition) is 5. The Kier molecular flexibility index (Phi) is 4.10. The quantitative estimate of drug-likeness (QED) is 0.433. The van der Waals surface area contributed by atoms with E-state index in [1.54, 1.807) is 6.33 Å². The van der Waals surface area contributed by atoms with Crippen LogP contribution in [0.1, 0.15) is 18.2 Å². The molecule has 0 bridgehead atoms. The van der Waals surface area contributed by atoms with Gasteiger partial charge in [-0.3, -0.25) is 15.1 Å². The fourth-order valence-electron chi connectivity index (χ4n) is 3.97. The lowest BCUT2D eigenvalue weighted by molar-refractivity contribution is 1.06. The van der Waals surface area contributed by atoms with Gasteiger partial charge < -0.3 is 9.55 Å². The van der Waals surface area contributed by atoms with Crippen LogP contribution in [0.15, 0.2) is 61.4 Å². The maximum atomic E-state index is 4.90. The van der Waals surface area contributed by atoms with Gasteiger partial charge in [0.25, 0.3) is 0 Å². The van der Waals surface area contributed by atoms with Crippen LogP contribution in [0, 0.1) is 6.92 Å². The molecule has 0 spiro atoms. The molecule has 0 aliphatic rings. The smallest absolute Gasteiger partial charge is 0.159 e. The van der Waals surface area contributed by atoms with E-state index in [2.05, 4.69) is 43.1 Å². The number of para-hydroxylation sites is 1. The number of benzene rings is 1. The lowest BCUT2D eigenvalue weighted by Gasteiger charge is -2.03. The van der Waals surface area contributed by atoms with Crippen LogP contribution in [0.4, 0.5) is 0 Å². The molecule has 0 radical (unpaired) electrons. The highest BCUT2D eigenvalue weighted by atomic mass is 15.1. The molecule has 2 N–H and O–H groups in total. The van der Waals surface area contributed by atoms with E-state index in [1.807, 2.05) is 60.5 Å². The Hall–Kier alpha value is -4.33. The third kappa shape index (κ3) is 2.96. The second-order valence-corrected chi connectivity index (χ2v) is 7.80. The van der Waals surface area contributed by atoms with Crippen molar-refractivity contribution >= 4 is 21.9 Å². The summed E-state index contributed by atoms with van der Waals surface area (Å²) in [5.74, 6) is 0.702. The minimum absolute atomic E-state index is 0.702. The third-order valence-corrected chi connectivity index (χ3v) is 5.65. The van der Waals surface area contributed by atoms with Gasteiger partial charge in [0.1, 0.15) is 11.2 Å². The molecule has 0 fully saturated rings. The normalized spacial score (nSPS) is 11.6. The van der Waals surface area contributed by atoms with Crippen LogP contribution in [0.2, 0.25) is 0 Å². The van der Waals surface area contributed by atoms with Gasteiger partial charge in [-0.2, -0.15) is 5.10 Å². The molecule has 0 unspecified atom stereocenters. The summed E-state index contributed by atoms with van der Waals surface area (Å²) in [4.78, 5) is 21.6. The molecule has 32 heavy (non-hydrogen) atoms. The first-order chi connectivity index (χ1) is 15.7. The Labute approximate surface area is 183 Å². The van der Waals surface area contributed by atoms with E-state index >= 15 is 0 Å². The molecule has 0 saturated carbocycles. The Balaban J connectivity index is 1.49. The molecule has 8 heteroatoms. The molecule has 156 valence electrons. The summed E-state index contributed by atoms with van der Waals surface area (Å²) in [6.45, 7) is 4.09. The molecular weight excluding hydrogens is 400 g/mol. The molecular formula is C24H20N8. The molecule has 0 aliphatic carbocycles. The summed E-state index contributed by atoms with van der Waals surface area (Å²) in [7, 11) is 0. The Morgan fingerprint density at radius 1 is 1.03 bits per heavy atom. The number of rotatable bonds is 4. The van der Waals surface area contributed by atoms with Gasteiger partial charge in [-0.1, -0.05) is 13.0 Å². The fourth-order valence-corrected chi connectivity index (χ4v) is 3.97. The first-order valence-corrected chi connectivity index (χ1v) is 10.5. The third-order valence-electron chi connectivity index (χ3n) is 5.65. The highest BCUT2D eigenvalue weighted by Gasteiger charge is 2.16. The molecule has 0 aliphatic heterocycles. The van der Waals surface area contributed by atoms with Gasteiger partial charge in [-0.15, -0.1) is 0 Å². The van der Waals surface area contributed by atoms with Crippen molar-refractivity contribution in [3.8, 4) is 28.5 Å². The number of nitrogens with zero attached hydrogens (tertiary/aromatic N) is 6. The van der Waals surface area contributed by atoms with Crippen LogP contribution < -0.4 is 0 Å². The molecule has 8 nitrogen and oxygen atoms in total. The van der Waals surface area contributed by atoms with Crippen LogP contribution in [-0.4, -0.2) is 39.7 Å². The van der Waals surface area contributed by atoms with Gasteiger partial charge in [0, 0.05) is 29.5 Å². The average molecular weight is 420 g/mol. The van der Waals surface area contributed by atoms with Crippen LogP contribution >= 0.6 is 0 Å². The van der Waals surface area contributed by atoms with Crippen LogP contribution in [0.3, 0.4) is 0 Å². The van der Waals surface area contributed by atoms with E-state index in [0.29, 0.717) is 5.82 Å². The van der Waals surface area contributed by atoms with Gasteiger partial charge in [-0.05, 0) is 43.2 Å². The van der Waals surface area contributed by atoms with Crippen molar-refractivity contribution in [2.24, 2.45) is 0 Å². The minimum Gasteiger partial charge on any atom is -0.336 e. The number of aromatic nitrogens is 8. The van der Waals surface area contributed by atoms with Crippen LogP contribution in [0.5, 0.6) is 0 Å². The summed E-state index contributed by atoms with van der Waals surface area (Å²) >= 11 is 0. The topological polar surface area (TPSA) is 101 Å². The number of aromatic amines is 2. The van der Waals surface area contributed by atoms with E-state index in [1.165, 1.54) is 5.56 Å². The maximum Gasteiger partial charge on any atom is 0.159 e. The average Bonchev–Trinajstić information content (AvgIpc) is 3.55. The second-order valence-electron chi connectivity index (χ2n) is 7.80.